The average Bonchev–Trinajstić information content (AvgIpc) is 3.20. The number of oxazole rings is 1. The van der Waals surface area contributed by atoms with E-state index in [1.54, 1.807) is 12.4 Å². The van der Waals surface area contributed by atoms with Crippen LogP contribution in [0, 0.1) is 11.3 Å². The molecule has 1 saturated heterocycles. The minimum Gasteiger partial charge on any atom is -0.419 e. The highest BCUT2D eigenvalue weighted by atomic mass is 35.5. The molecule has 3 heterocycles. The van der Waals surface area contributed by atoms with E-state index >= 15 is 0 Å². The first-order chi connectivity index (χ1) is 14.2. The van der Waals surface area contributed by atoms with E-state index in [1.165, 1.54) is 24.8 Å². The number of nitriles is 1. The number of nitrogens with zero attached hydrogens (tertiary/aromatic N) is 4. The molecule has 0 radical (unpaired) electrons. The summed E-state index contributed by atoms with van der Waals surface area (Å²) >= 11 is 6.08. The molecule has 2 aromatic heterocycles. The van der Waals surface area contributed by atoms with Crippen LogP contribution in [0.1, 0.15) is 36.6 Å². The van der Waals surface area contributed by atoms with Crippen molar-refractivity contribution in [3.05, 3.63) is 65.1 Å². The second-order valence-electron chi connectivity index (χ2n) is 7.10. The first-order valence-electron chi connectivity index (χ1n) is 9.79. The molecule has 29 heavy (non-hydrogen) atoms. The minimum atomic E-state index is 0.158. The van der Waals surface area contributed by atoms with Crippen molar-refractivity contribution in [2.75, 3.05) is 25.0 Å². The second kappa shape index (κ2) is 9.08. The number of likely N-dealkylation sites (tertiary alicyclic amines) is 1. The van der Waals surface area contributed by atoms with Gasteiger partial charge in [-0.2, -0.15) is 10.2 Å². The number of pyridine rings is 1. The Hall–Kier alpha value is -2.88. The van der Waals surface area contributed by atoms with Crippen molar-refractivity contribution in [2.24, 2.45) is 0 Å². The fourth-order valence-electron chi connectivity index (χ4n) is 3.69. The van der Waals surface area contributed by atoms with Gasteiger partial charge in [0.1, 0.15) is 6.07 Å². The van der Waals surface area contributed by atoms with Crippen LogP contribution in [0.3, 0.4) is 0 Å². The fourth-order valence-corrected chi connectivity index (χ4v) is 3.82. The lowest BCUT2D eigenvalue weighted by atomic mass is 10.0. The third-order valence-corrected chi connectivity index (χ3v) is 5.44. The summed E-state index contributed by atoms with van der Waals surface area (Å²) in [6.07, 6.45) is 7.02. The maximum atomic E-state index is 9.49. The van der Waals surface area contributed by atoms with Gasteiger partial charge in [-0.3, -0.25) is 9.88 Å². The summed E-state index contributed by atoms with van der Waals surface area (Å²) in [5.74, 6) is 0.778. The van der Waals surface area contributed by atoms with Crippen molar-refractivity contribution in [2.45, 2.75) is 25.3 Å². The van der Waals surface area contributed by atoms with Crippen LogP contribution in [0.4, 0.5) is 5.88 Å². The zero-order chi connectivity index (χ0) is 20.1. The third-order valence-electron chi connectivity index (χ3n) is 5.18. The normalized spacial score (nSPS) is 15.6. The Bertz CT molecular complexity index is 975. The maximum absolute atomic E-state index is 9.49. The Morgan fingerprint density at radius 2 is 1.97 bits per heavy atom. The summed E-state index contributed by atoms with van der Waals surface area (Å²) < 4.78 is 5.86. The predicted octanol–water partition coefficient (Wildman–Crippen LogP) is 4.90. The highest BCUT2D eigenvalue weighted by molar-refractivity contribution is 6.30. The zero-order valence-electron chi connectivity index (χ0n) is 16.0. The molecule has 0 aliphatic carbocycles. The summed E-state index contributed by atoms with van der Waals surface area (Å²) in [7, 11) is 0. The molecule has 6 nitrogen and oxygen atoms in total. The number of aromatic nitrogens is 2. The van der Waals surface area contributed by atoms with Gasteiger partial charge >= 0.3 is 0 Å². The average molecular weight is 408 g/mol. The molecule has 148 valence electrons. The van der Waals surface area contributed by atoms with E-state index in [1.807, 2.05) is 24.3 Å². The molecular formula is C22H22ClN5O. The Morgan fingerprint density at radius 3 is 2.66 bits per heavy atom. The molecule has 0 amide bonds. The maximum Gasteiger partial charge on any atom is 0.232 e. The molecule has 1 N–H and O–H groups in total. The van der Waals surface area contributed by atoms with Gasteiger partial charge in [0.2, 0.25) is 17.5 Å². The molecule has 4 rings (SSSR count). The van der Waals surface area contributed by atoms with E-state index in [4.69, 9.17) is 16.0 Å². The lowest BCUT2D eigenvalue weighted by Gasteiger charge is -2.35. The van der Waals surface area contributed by atoms with Crippen LogP contribution in [-0.2, 0) is 0 Å². The van der Waals surface area contributed by atoms with Gasteiger partial charge in [0.05, 0.1) is 11.6 Å². The lowest BCUT2D eigenvalue weighted by Crippen LogP contribution is -2.37. The van der Waals surface area contributed by atoms with Crippen LogP contribution in [0.5, 0.6) is 0 Å². The van der Waals surface area contributed by atoms with Crippen LogP contribution in [0.25, 0.3) is 11.5 Å². The quantitative estimate of drug-likeness (QED) is 0.626. The Kier molecular flexibility index (Phi) is 6.09. The number of hydrogen-bond donors (Lipinski definition) is 1. The van der Waals surface area contributed by atoms with Crippen LogP contribution >= 0.6 is 11.6 Å². The summed E-state index contributed by atoms with van der Waals surface area (Å²) in [6.45, 7) is 2.72. The molecule has 1 aliphatic rings. The predicted molar refractivity (Wildman–Crippen MR) is 113 cm³/mol. The summed E-state index contributed by atoms with van der Waals surface area (Å²) in [5, 5.41) is 13.5. The molecular weight excluding hydrogens is 386 g/mol. The molecule has 7 heteroatoms. The molecule has 1 aliphatic heterocycles. The molecule has 0 saturated carbocycles. The van der Waals surface area contributed by atoms with Crippen molar-refractivity contribution < 1.29 is 4.42 Å². The number of benzene rings is 1. The number of rotatable bonds is 6. The third kappa shape index (κ3) is 4.58. The van der Waals surface area contributed by atoms with E-state index in [0.717, 1.165) is 23.7 Å². The largest absolute Gasteiger partial charge is 0.419 e. The molecule has 1 unspecified atom stereocenters. The minimum absolute atomic E-state index is 0.158. The molecule has 3 aromatic rings. The van der Waals surface area contributed by atoms with E-state index in [2.05, 4.69) is 38.4 Å². The summed E-state index contributed by atoms with van der Waals surface area (Å²) in [5.41, 5.74) is 2.17. The Morgan fingerprint density at radius 1 is 1.17 bits per heavy atom. The van der Waals surface area contributed by atoms with Gasteiger partial charge in [0.25, 0.3) is 0 Å². The van der Waals surface area contributed by atoms with Crippen molar-refractivity contribution in [1.82, 2.24) is 14.9 Å². The molecule has 0 spiro atoms. The van der Waals surface area contributed by atoms with Crippen LogP contribution in [0.2, 0.25) is 5.02 Å². The zero-order valence-corrected chi connectivity index (χ0v) is 16.8. The highest BCUT2D eigenvalue weighted by Gasteiger charge is 2.24. The number of hydrogen-bond acceptors (Lipinski definition) is 6. The summed E-state index contributed by atoms with van der Waals surface area (Å²) in [4.78, 5) is 10.9. The van der Waals surface area contributed by atoms with Crippen molar-refractivity contribution in [1.29, 1.82) is 5.26 Å². The first-order valence-corrected chi connectivity index (χ1v) is 10.2. The first kappa shape index (κ1) is 19.4. The van der Waals surface area contributed by atoms with Gasteiger partial charge in [0, 0.05) is 24.0 Å². The van der Waals surface area contributed by atoms with Gasteiger partial charge in [-0.1, -0.05) is 30.2 Å². The van der Waals surface area contributed by atoms with E-state index in [9.17, 15) is 5.26 Å². The van der Waals surface area contributed by atoms with Gasteiger partial charge < -0.3 is 9.73 Å². The fraction of sp³-hybridized carbons (Fsp3) is 0.318. The van der Waals surface area contributed by atoms with E-state index in [0.29, 0.717) is 18.3 Å². The van der Waals surface area contributed by atoms with Crippen molar-refractivity contribution in [3.8, 4) is 17.5 Å². The highest BCUT2D eigenvalue weighted by Crippen LogP contribution is 2.29. The Labute approximate surface area is 175 Å². The van der Waals surface area contributed by atoms with E-state index < -0.39 is 0 Å². The van der Waals surface area contributed by atoms with Crippen molar-refractivity contribution in [3.63, 3.8) is 0 Å². The van der Waals surface area contributed by atoms with Crippen LogP contribution in [0.15, 0.2) is 53.2 Å². The molecule has 1 aromatic carbocycles. The smallest absolute Gasteiger partial charge is 0.232 e. The lowest BCUT2D eigenvalue weighted by molar-refractivity contribution is 0.170. The number of nitrogens with one attached hydrogen (secondary N) is 1. The topological polar surface area (TPSA) is 78.0 Å². The standard InChI is InChI=1S/C22H22ClN5O/c23-18-8-6-16(7-9-18)20(28-11-2-1-3-12-28)15-26-22-19(13-24)27-21(29-22)17-5-4-10-25-14-17/h4-10,14,20,26H,1-3,11-12,15H2. The monoisotopic (exact) mass is 407 g/mol. The Balaban J connectivity index is 1.56. The van der Waals surface area contributed by atoms with Crippen LogP contribution < -0.4 is 5.32 Å². The molecule has 0 bridgehead atoms. The number of halogens is 1. The van der Waals surface area contributed by atoms with E-state index in [-0.39, 0.29) is 11.7 Å². The van der Waals surface area contributed by atoms with Gasteiger partial charge in [-0.25, -0.2) is 0 Å². The SMILES string of the molecule is N#Cc1nc(-c2cccnc2)oc1NCC(c1ccc(Cl)cc1)N1CCCCC1. The van der Waals surface area contributed by atoms with Gasteiger partial charge in [-0.05, 0) is 55.8 Å². The van der Waals surface area contributed by atoms with Crippen LogP contribution in [-0.4, -0.2) is 34.5 Å². The molecule has 1 atom stereocenters. The van der Waals surface area contributed by atoms with Crippen molar-refractivity contribution >= 4 is 17.5 Å². The molecule has 1 fully saturated rings. The van der Waals surface area contributed by atoms with Gasteiger partial charge in [0.15, 0.2) is 0 Å². The number of anilines is 1. The van der Waals surface area contributed by atoms with Gasteiger partial charge in [-0.15, -0.1) is 0 Å². The second-order valence-corrected chi connectivity index (χ2v) is 7.53. The summed E-state index contributed by atoms with van der Waals surface area (Å²) in [6, 6.07) is 13.9. The number of piperidine rings is 1.